The molecule has 2 amide bonds. The van der Waals surface area contributed by atoms with E-state index in [1.165, 1.54) is 18.3 Å². The fourth-order valence-electron chi connectivity index (χ4n) is 1.76. The van der Waals surface area contributed by atoms with Crippen LogP contribution in [-0.2, 0) is 9.53 Å². The summed E-state index contributed by atoms with van der Waals surface area (Å²) in [7, 11) is 0. The molecule has 0 saturated carbocycles. The number of benzene rings is 1. The number of pyridine rings is 1. The first-order valence-electron chi connectivity index (χ1n) is 7.18. The Morgan fingerprint density at radius 3 is 2.50 bits per heavy atom. The van der Waals surface area contributed by atoms with Crippen LogP contribution in [0.1, 0.15) is 20.7 Å². The highest BCUT2D eigenvalue weighted by atomic mass is 32.2. The van der Waals surface area contributed by atoms with Crippen LogP contribution in [0.3, 0.4) is 0 Å². The number of hydrazine groups is 1. The summed E-state index contributed by atoms with van der Waals surface area (Å²) in [4.78, 5) is 39.0. The highest BCUT2D eigenvalue weighted by molar-refractivity contribution is 7.99. The van der Waals surface area contributed by atoms with Gasteiger partial charge in [0.15, 0.2) is 6.61 Å². The third kappa shape index (κ3) is 5.81. The molecule has 0 aliphatic rings. The number of hydrogen-bond donors (Lipinski definition) is 2. The zero-order chi connectivity index (χ0) is 18.9. The molecule has 1 heterocycles. The average Bonchev–Trinajstić information content (AvgIpc) is 2.64. The van der Waals surface area contributed by atoms with Crippen LogP contribution in [0.5, 0.6) is 0 Å². The van der Waals surface area contributed by atoms with Gasteiger partial charge >= 0.3 is 5.97 Å². The molecule has 26 heavy (non-hydrogen) atoms. The van der Waals surface area contributed by atoms with Gasteiger partial charge in [0, 0.05) is 11.8 Å². The molecule has 0 bridgehead atoms. The highest BCUT2D eigenvalue weighted by Crippen LogP contribution is 2.26. The van der Waals surface area contributed by atoms with Crippen LogP contribution in [0.2, 0.25) is 0 Å². The zero-order valence-corrected chi connectivity index (χ0v) is 14.0. The largest absolute Gasteiger partial charge is 0.452 e. The Labute approximate surface area is 151 Å². The van der Waals surface area contributed by atoms with Crippen LogP contribution in [0.15, 0.2) is 53.7 Å². The number of ether oxygens (including phenoxy) is 1. The summed E-state index contributed by atoms with van der Waals surface area (Å²) in [5.41, 5.74) is 4.38. The van der Waals surface area contributed by atoms with Gasteiger partial charge in [0.2, 0.25) is 0 Å². The van der Waals surface area contributed by atoms with Crippen LogP contribution in [0.4, 0.5) is 8.78 Å². The van der Waals surface area contributed by atoms with E-state index in [1.807, 2.05) is 0 Å². The van der Waals surface area contributed by atoms with Gasteiger partial charge in [-0.15, -0.1) is 0 Å². The molecule has 2 rings (SSSR count). The van der Waals surface area contributed by atoms with Gasteiger partial charge in [0.1, 0.15) is 5.03 Å². The van der Waals surface area contributed by atoms with E-state index < -0.39 is 30.1 Å². The molecule has 0 radical (unpaired) electrons. The first-order valence-corrected chi connectivity index (χ1v) is 8.06. The Morgan fingerprint density at radius 1 is 1.08 bits per heavy atom. The van der Waals surface area contributed by atoms with E-state index in [1.54, 1.807) is 30.3 Å². The Hall–Kier alpha value is -3.01. The molecule has 1 aromatic heterocycles. The SMILES string of the molecule is O=C(COC(=O)c1cccnc1SC(F)F)NNC(=O)c1ccccc1. The number of nitrogens with zero attached hydrogens (tertiary/aromatic N) is 1. The Kier molecular flexibility index (Phi) is 7.03. The van der Waals surface area contributed by atoms with E-state index in [9.17, 15) is 23.2 Å². The Bertz CT molecular complexity index is 790. The maximum atomic E-state index is 12.5. The number of hydrogen-bond acceptors (Lipinski definition) is 6. The number of thioether (sulfide) groups is 1. The molecule has 2 aromatic rings. The lowest BCUT2D eigenvalue weighted by Gasteiger charge is -2.09. The summed E-state index contributed by atoms with van der Waals surface area (Å²) in [6.07, 6.45) is 1.26. The topological polar surface area (TPSA) is 97.4 Å². The van der Waals surface area contributed by atoms with E-state index in [2.05, 4.69) is 15.8 Å². The lowest BCUT2D eigenvalue weighted by molar-refractivity contribution is -0.125. The summed E-state index contributed by atoms with van der Waals surface area (Å²) in [6, 6.07) is 10.8. The molecule has 136 valence electrons. The predicted octanol–water partition coefficient (Wildman–Crippen LogP) is 2.01. The van der Waals surface area contributed by atoms with Gasteiger partial charge < -0.3 is 4.74 Å². The predicted molar refractivity (Wildman–Crippen MR) is 88.4 cm³/mol. The molecule has 0 atom stereocenters. The standard InChI is InChI=1S/C16H13F2N3O4S/c17-16(18)26-14-11(7-4-8-19-14)15(24)25-9-12(22)20-21-13(23)10-5-2-1-3-6-10/h1-8,16H,9H2,(H,20,22)(H,21,23). The van der Waals surface area contributed by atoms with Gasteiger partial charge in [0.25, 0.3) is 17.6 Å². The van der Waals surface area contributed by atoms with Gasteiger partial charge in [-0.2, -0.15) is 8.78 Å². The maximum absolute atomic E-state index is 12.5. The summed E-state index contributed by atoms with van der Waals surface area (Å²) in [5, 5.41) is -0.203. The quantitative estimate of drug-likeness (QED) is 0.451. The maximum Gasteiger partial charge on any atom is 0.341 e. The molecule has 0 fully saturated rings. The second-order valence-electron chi connectivity index (χ2n) is 4.68. The fraction of sp³-hybridized carbons (Fsp3) is 0.125. The highest BCUT2D eigenvalue weighted by Gasteiger charge is 2.18. The van der Waals surface area contributed by atoms with Crippen molar-refractivity contribution >= 4 is 29.5 Å². The van der Waals surface area contributed by atoms with E-state index in [0.29, 0.717) is 5.56 Å². The van der Waals surface area contributed by atoms with Crippen molar-refractivity contribution in [3.05, 3.63) is 59.8 Å². The van der Waals surface area contributed by atoms with Crippen LogP contribution in [0, 0.1) is 0 Å². The third-order valence-electron chi connectivity index (χ3n) is 2.88. The Balaban J connectivity index is 1.84. The fourth-order valence-corrected chi connectivity index (χ4v) is 2.33. The van der Waals surface area contributed by atoms with Crippen LogP contribution in [-0.4, -0.2) is 35.1 Å². The second-order valence-corrected chi connectivity index (χ2v) is 5.66. The van der Waals surface area contributed by atoms with Gasteiger partial charge in [-0.3, -0.25) is 20.4 Å². The molecule has 10 heteroatoms. The lowest BCUT2D eigenvalue weighted by atomic mass is 10.2. The number of esters is 1. The van der Waals surface area contributed by atoms with Crippen molar-refractivity contribution in [3.8, 4) is 0 Å². The minimum absolute atomic E-state index is 0.0966. The van der Waals surface area contributed by atoms with Crippen LogP contribution < -0.4 is 10.9 Å². The van der Waals surface area contributed by atoms with Crippen molar-refractivity contribution in [3.63, 3.8) is 0 Å². The molecule has 7 nitrogen and oxygen atoms in total. The van der Waals surface area contributed by atoms with Crippen molar-refractivity contribution in [2.45, 2.75) is 10.8 Å². The minimum Gasteiger partial charge on any atom is -0.452 e. The number of carbonyl (C=O) groups is 3. The van der Waals surface area contributed by atoms with Crippen molar-refractivity contribution in [2.24, 2.45) is 0 Å². The van der Waals surface area contributed by atoms with Crippen LogP contribution >= 0.6 is 11.8 Å². The molecule has 0 unspecified atom stereocenters. The molecule has 0 aliphatic heterocycles. The molecule has 2 N–H and O–H groups in total. The van der Waals surface area contributed by atoms with Gasteiger partial charge in [-0.1, -0.05) is 18.2 Å². The van der Waals surface area contributed by atoms with E-state index in [-0.39, 0.29) is 22.4 Å². The number of alkyl halides is 2. The van der Waals surface area contributed by atoms with Crippen molar-refractivity contribution in [1.82, 2.24) is 15.8 Å². The minimum atomic E-state index is -2.76. The summed E-state index contributed by atoms with van der Waals surface area (Å²) >= 11 is 0.0966. The molecule has 0 saturated heterocycles. The van der Waals surface area contributed by atoms with Crippen molar-refractivity contribution < 1.29 is 27.9 Å². The normalized spacial score (nSPS) is 10.3. The van der Waals surface area contributed by atoms with Crippen molar-refractivity contribution in [2.75, 3.05) is 6.61 Å². The molecule has 1 aromatic carbocycles. The van der Waals surface area contributed by atoms with Gasteiger partial charge in [0.05, 0.1) is 5.56 Å². The van der Waals surface area contributed by atoms with E-state index in [0.717, 1.165) is 0 Å². The molecular formula is C16H13F2N3O4S. The van der Waals surface area contributed by atoms with Crippen LogP contribution in [0.25, 0.3) is 0 Å². The lowest BCUT2D eigenvalue weighted by Crippen LogP contribution is -2.43. The first kappa shape index (κ1) is 19.3. The number of halogens is 2. The first-order chi connectivity index (χ1) is 12.5. The van der Waals surface area contributed by atoms with E-state index in [4.69, 9.17) is 4.74 Å². The number of nitrogens with one attached hydrogen (secondary N) is 2. The number of rotatable bonds is 6. The summed E-state index contributed by atoms with van der Waals surface area (Å²) < 4.78 is 29.7. The summed E-state index contributed by atoms with van der Waals surface area (Å²) in [5.74, 6) is -5.08. The average molecular weight is 381 g/mol. The number of amides is 2. The smallest absolute Gasteiger partial charge is 0.341 e. The zero-order valence-electron chi connectivity index (χ0n) is 13.1. The number of aromatic nitrogens is 1. The summed E-state index contributed by atoms with van der Waals surface area (Å²) in [6.45, 7) is -0.707. The van der Waals surface area contributed by atoms with E-state index >= 15 is 0 Å². The molecule has 0 aliphatic carbocycles. The number of carbonyl (C=O) groups excluding carboxylic acids is 3. The second kappa shape index (κ2) is 9.47. The van der Waals surface area contributed by atoms with Gasteiger partial charge in [-0.05, 0) is 36.0 Å². The molecule has 0 spiro atoms. The monoisotopic (exact) mass is 381 g/mol. The molecular weight excluding hydrogens is 368 g/mol. The van der Waals surface area contributed by atoms with Gasteiger partial charge in [-0.25, -0.2) is 9.78 Å². The third-order valence-corrected chi connectivity index (χ3v) is 3.60. The Morgan fingerprint density at radius 2 is 1.81 bits per heavy atom. The van der Waals surface area contributed by atoms with Crippen molar-refractivity contribution in [1.29, 1.82) is 0 Å².